The van der Waals surface area contributed by atoms with E-state index in [-0.39, 0.29) is 18.6 Å². The number of hydrogen-bond donors (Lipinski definition) is 2. The smallest absolute Gasteiger partial charge is 0.258 e. The summed E-state index contributed by atoms with van der Waals surface area (Å²) in [5, 5.41) is 12.9. The van der Waals surface area contributed by atoms with Crippen LogP contribution in [-0.4, -0.2) is 23.7 Å². The third-order valence-corrected chi connectivity index (χ3v) is 3.63. The number of aliphatic hydroxyl groups excluding tert-OH is 1. The van der Waals surface area contributed by atoms with Gasteiger partial charge in [-0.05, 0) is 23.3 Å². The predicted molar refractivity (Wildman–Crippen MR) is 79.0 cm³/mol. The van der Waals surface area contributed by atoms with E-state index in [4.69, 9.17) is 4.74 Å². The number of nitrogens with one attached hydrogen (secondary N) is 1. The Labute approximate surface area is 123 Å². The van der Waals surface area contributed by atoms with Crippen LogP contribution in [0.5, 0.6) is 5.75 Å². The summed E-state index contributed by atoms with van der Waals surface area (Å²) in [5.74, 6) is 0.416. The standard InChI is InChI=1S/C17H17NO3/c19-15-10-12-6-4-5-9-14(12)17(15)18-16(20)11-21-13-7-2-1-3-8-13/h1-9,15,17,19H,10-11H2,(H,18,20)/t15-,17+/m1/s1. The van der Waals surface area contributed by atoms with Crippen LogP contribution in [0.1, 0.15) is 17.2 Å². The van der Waals surface area contributed by atoms with E-state index in [1.165, 1.54) is 0 Å². The third-order valence-electron chi connectivity index (χ3n) is 3.63. The zero-order valence-corrected chi connectivity index (χ0v) is 11.5. The Kier molecular flexibility index (Phi) is 3.88. The van der Waals surface area contributed by atoms with Crippen molar-refractivity contribution in [3.05, 3.63) is 65.7 Å². The van der Waals surface area contributed by atoms with E-state index in [0.29, 0.717) is 12.2 Å². The first-order valence-electron chi connectivity index (χ1n) is 6.97. The van der Waals surface area contributed by atoms with Gasteiger partial charge < -0.3 is 15.2 Å². The zero-order chi connectivity index (χ0) is 14.7. The molecule has 0 radical (unpaired) electrons. The van der Waals surface area contributed by atoms with E-state index >= 15 is 0 Å². The Bertz CT molecular complexity index is 627. The molecule has 4 heteroatoms. The topological polar surface area (TPSA) is 58.6 Å². The average Bonchev–Trinajstić information content (AvgIpc) is 2.82. The molecule has 4 nitrogen and oxygen atoms in total. The lowest BCUT2D eigenvalue weighted by Crippen LogP contribution is -2.36. The minimum Gasteiger partial charge on any atom is -0.484 e. The fourth-order valence-corrected chi connectivity index (χ4v) is 2.63. The molecule has 0 saturated heterocycles. The number of rotatable bonds is 4. The highest BCUT2D eigenvalue weighted by molar-refractivity contribution is 5.78. The summed E-state index contributed by atoms with van der Waals surface area (Å²) in [6.45, 7) is -0.0601. The normalized spacial score (nSPS) is 19.9. The molecule has 0 heterocycles. The molecule has 2 aromatic rings. The molecule has 1 aliphatic rings. The molecule has 0 unspecified atom stereocenters. The number of hydrogen-bond acceptors (Lipinski definition) is 3. The van der Waals surface area contributed by atoms with Crippen LogP contribution < -0.4 is 10.1 Å². The van der Waals surface area contributed by atoms with Crippen LogP contribution in [0.2, 0.25) is 0 Å². The number of carbonyl (C=O) groups is 1. The van der Waals surface area contributed by atoms with Crippen molar-refractivity contribution in [1.29, 1.82) is 0 Å². The molecule has 0 aromatic heterocycles. The number of para-hydroxylation sites is 1. The first-order chi connectivity index (χ1) is 10.2. The van der Waals surface area contributed by atoms with Crippen LogP contribution in [0.25, 0.3) is 0 Å². The van der Waals surface area contributed by atoms with Gasteiger partial charge in [0.2, 0.25) is 0 Å². The number of amides is 1. The van der Waals surface area contributed by atoms with E-state index in [1.54, 1.807) is 12.1 Å². The summed E-state index contributed by atoms with van der Waals surface area (Å²) in [6.07, 6.45) is -0.0104. The summed E-state index contributed by atoms with van der Waals surface area (Å²) >= 11 is 0. The molecule has 0 fully saturated rings. The molecule has 1 amide bonds. The maximum absolute atomic E-state index is 12.0. The Hall–Kier alpha value is -2.33. The van der Waals surface area contributed by atoms with Crippen molar-refractivity contribution in [3.8, 4) is 5.75 Å². The van der Waals surface area contributed by atoms with Crippen LogP contribution in [0.15, 0.2) is 54.6 Å². The highest BCUT2D eigenvalue weighted by Crippen LogP contribution is 2.31. The maximum atomic E-state index is 12.0. The summed E-state index contributed by atoms with van der Waals surface area (Å²) in [6, 6.07) is 16.6. The zero-order valence-electron chi connectivity index (χ0n) is 11.5. The van der Waals surface area contributed by atoms with E-state index in [2.05, 4.69) is 5.32 Å². The highest BCUT2D eigenvalue weighted by atomic mass is 16.5. The van der Waals surface area contributed by atoms with Crippen LogP contribution in [0.3, 0.4) is 0 Å². The molecule has 0 aliphatic heterocycles. The van der Waals surface area contributed by atoms with Gasteiger partial charge in [0.1, 0.15) is 5.75 Å². The molecular formula is C17H17NO3. The van der Waals surface area contributed by atoms with Gasteiger partial charge in [-0.15, -0.1) is 0 Å². The molecule has 2 atom stereocenters. The molecular weight excluding hydrogens is 266 g/mol. The molecule has 3 rings (SSSR count). The van der Waals surface area contributed by atoms with Gasteiger partial charge in [0.05, 0.1) is 12.1 Å². The summed E-state index contributed by atoms with van der Waals surface area (Å²) in [5.41, 5.74) is 2.07. The van der Waals surface area contributed by atoms with E-state index in [9.17, 15) is 9.90 Å². The van der Waals surface area contributed by atoms with Gasteiger partial charge in [-0.3, -0.25) is 4.79 Å². The van der Waals surface area contributed by atoms with E-state index < -0.39 is 6.10 Å². The number of fused-ring (bicyclic) bond motifs is 1. The van der Waals surface area contributed by atoms with Crippen LogP contribution in [0.4, 0.5) is 0 Å². The molecule has 2 aromatic carbocycles. The van der Waals surface area contributed by atoms with Crippen molar-refractivity contribution in [2.45, 2.75) is 18.6 Å². The molecule has 2 N–H and O–H groups in total. The van der Waals surface area contributed by atoms with Gasteiger partial charge in [0.15, 0.2) is 6.61 Å². The summed E-state index contributed by atoms with van der Waals surface area (Å²) < 4.78 is 5.41. The quantitative estimate of drug-likeness (QED) is 0.900. The molecule has 0 saturated carbocycles. The molecule has 108 valence electrons. The largest absolute Gasteiger partial charge is 0.484 e. The SMILES string of the molecule is O=C(COc1ccccc1)N[C@H]1c2ccccc2C[C@H]1O. The Morgan fingerprint density at radius 1 is 1.14 bits per heavy atom. The Morgan fingerprint density at radius 2 is 1.86 bits per heavy atom. The van der Waals surface area contributed by atoms with Crippen LogP contribution in [-0.2, 0) is 11.2 Å². The predicted octanol–water partition coefficient (Wildman–Crippen LogP) is 1.84. The lowest BCUT2D eigenvalue weighted by molar-refractivity contribution is -0.124. The lowest BCUT2D eigenvalue weighted by Gasteiger charge is -2.18. The van der Waals surface area contributed by atoms with Crippen molar-refractivity contribution in [2.24, 2.45) is 0 Å². The fourth-order valence-electron chi connectivity index (χ4n) is 2.63. The minimum atomic E-state index is -0.580. The van der Waals surface area contributed by atoms with E-state index in [1.807, 2.05) is 42.5 Å². The summed E-state index contributed by atoms with van der Waals surface area (Å²) in [7, 11) is 0. The van der Waals surface area contributed by atoms with Gasteiger partial charge in [0, 0.05) is 6.42 Å². The monoisotopic (exact) mass is 283 g/mol. The summed E-state index contributed by atoms with van der Waals surface area (Å²) in [4.78, 5) is 12.0. The number of ether oxygens (including phenoxy) is 1. The second-order valence-corrected chi connectivity index (χ2v) is 5.12. The number of aliphatic hydroxyl groups is 1. The van der Waals surface area contributed by atoms with Crippen molar-refractivity contribution in [3.63, 3.8) is 0 Å². The van der Waals surface area contributed by atoms with Crippen LogP contribution in [0, 0.1) is 0 Å². The number of benzene rings is 2. The van der Waals surface area contributed by atoms with Crippen LogP contribution >= 0.6 is 0 Å². The third kappa shape index (κ3) is 3.06. The number of carbonyl (C=O) groups excluding carboxylic acids is 1. The van der Waals surface area contributed by atoms with Gasteiger partial charge >= 0.3 is 0 Å². The maximum Gasteiger partial charge on any atom is 0.258 e. The van der Waals surface area contributed by atoms with E-state index in [0.717, 1.165) is 11.1 Å². The Morgan fingerprint density at radius 3 is 2.67 bits per heavy atom. The second kappa shape index (κ2) is 5.97. The first-order valence-corrected chi connectivity index (χ1v) is 6.97. The van der Waals surface area contributed by atoms with Gasteiger partial charge in [-0.2, -0.15) is 0 Å². The van der Waals surface area contributed by atoms with Gasteiger partial charge in [-0.1, -0.05) is 42.5 Å². The molecule has 21 heavy (non-hydrogen) atoms. The molecule has 0 bridgehead atoms. The van der Waals surface area contributed by atoms with Gasteiger partial charge in [0.25, 0.3) is 5.91 Å². The van der Waals surface area contributed by atoms with Crippen molar-refractivity contribution in [2.75, 3.05) is 6.61 Å². The second-order valence-electron chi connectivity index (χ2n) is 5.12. The fraction of sp³-hybridized carbons (Fsp3) is 0.235. The highest BCUT2D eigenvalue weighted by Gasteiger charge is 2.31. The molecule has 1 aliphatic carbocycles. The van der Waals surface area contributed by atoms with Crippen molar-refractivity contribution in [1.82, 2.24) is 5.32 Å². The van der Waals surface area contributed by atoms with Crippen molar-refractivity contribution < 1.29 is 14.6 Å². The Balaban J connectivity index is 1.60. The van der Waals surface area contributed by atoms with Crippen molar-refractivity contribution >= 4 is 5.91 Å². The molecule has 0 spiro atoms. The first kappa shape index (κ1) is 13.6. The lowest BCUT2D eigenvalue weighted by atomic mass is 10.1. The average molecular weight is 283 g/mol. The minimum absolute atomic E-state index is 0.0601. The van der Waals surface area contributed by atoms with Gasteiger partial charge in [-0.25, -0.2) is 0 Å².